The van der Waals surface area contributed by atoms with Crippen molar-refractivity contribution in [3.05, 3.63) is 30.3 Å². The van der Waals surface area contributed by atoms with Crippen molar-refractivity contribution in [1.82, 2.24) is 4.90 Å². The first-order chi connectivity index (χ1) is 8.31. The zero-order chi connectivity index (χ0) is 12.1. The van der Waals surface area contributed by atoms with Crippen LogP contribution in [-0.2, 0) is 4.74 Å². The van der Waals surface area contributed by atoms with Gasteiger partial charge in [0.1, 0.15) is 12.0 Å². The summed E-state index contributed by atoms with van der Waals surface area (Å²) >= 11 is 0. The third-order valence-corrected chi connectivity index (χ3v) is 2.90. The molecular formula is C13H17NO3. The number of amides is 1. The van der Waals surface area contributed by atoms with E-state index in [9.17, 15) is 4.79 Å². The monoisotopic (exact) mass is 235 g/mol. The number of hydrogen-bond donors (Lipinski definition) is 0. The second-order valence-electron chi connectivity index (χ2n) is 4.06. The summed E-state index contributed by atoms with van der Waals surface area (Å²) in [6.07, 6.45) is 2.49. The largest absolute Gasteiger partial charge is 0.417 e. The van der Waals surface area contributed by atoms with Crippen LogP contribution in [0.25, 0.3) is 0 Å². The number of para-hydroxylation sites is 1. The molecule has 0 N–H and O–H groups in total. The van der Waals surface area contributed by atoms with Crippen molar-refractivity contribution < 1.29 is 14.3 Å². The normalized spacial score (nSPS) is 20.1. The maximum Gasteiger partial charge on any atom is 0.417 e. The van der Waals surface area contributed by atoms with Crippen LogP contribution < -0.4 is 4.74 Å². The Morgan fingerprint density at radius 1 is 1.29 bits per heavy atom. The minimum atomic E-state index is -0.331. The first-order valence-electron chi connectivity index (χ1n) is 5.87. The summed E-state index contributed by atoms with van der Waals surface area (Å²) in [6, 6.07) is 9.10. The van der Waals surface area contributed by atoms with Gasteiger partial charge >= 0.3 is 6.09 Å². The molecule has 17 heavy (non-hydrogen) atoms. The zero-order valence-electron chi connectivity index (χ0n) is 9.96. The predicted octanol–water partition coefficient (Wildman–Crippen LogP) is 2.64. The molecule has 1 unspecified atom stereocenters. The predicted molar refractivity (Wildman–Crippen MR) is 63.8 cm³/mol. The molecule has 0 aliphatic carbocycles. The van der Waals surface area contributed by atoms with E-state index in [0.717, 1.165) is 19.3 Å². The number of likely N-dealkylation sites (tertiary alicyclic amines) is 1. The molecule has 1 amide bonds. The van der Waals surface area contributed by atoms with Gasteiger partial charge in [-0.25, -0.2) is 4.79 Å². The minimum absolute atomic E-state index is 0.153. The average molecular weight is 235 g/mol. The second kappa shape index (κ2) is 5.68. The lowest BCUT2D eigenvalue weighted by atomic mass is 10.1. The number of carbonyl (C=O) groups excluding carboxylic acids is 1. The Morgan fingerprint density at radius 3 is 2.76 bits per heavy atom. The lowest BCUT2D eigenvalue weighted by Crippen LogP contribution is -2.46. The van der Waals surface area contributed by atoms with Crippen molar-refractivity contribution in [3.8, 4) is 5.75 Å². The van der Waals surface area contributed by atoms with Gasteiger partial charge in [0.05, 0.1) is 0 Å². The van der Waals surface area contributed by atoms with Gasteiger partial charge in [0, 0.05) is 13.7 Å². The van der Waals surface area contributed by atoms with E-state index in [4.69, 9.17) is 9.47 Å². The van der Waals surface area contributed by atoms with E-state index in [2.05, 4.69) is 0 Å². The molecule has 2 rings (SSSR count). The minimum Gasteiger partial charge on any atom is -0.410 e. The molecule has 92 valence electrons. The summed E-state index contributed by atoms with van der Waals surface area (Å²) < 4.78 is 10.6. The maximum atomic E-state index is 12.0. The zero-order valence-corrected chi connectivity index (χ0v) is 9.96. The van der Waals surface area contributed by atoms with Crippen LogP contribution in [0.3, 0.4) is 0 Å². The number of hydrogen-bond acceptors (Lipinski definition) is 3. The van der Waals surface area contributed by atoms with Gasteiger partial charge in [0.2, 0.25) is 0 Å². The van der Waals surface area contributed by atoms with Crippen molar-refractivity contribution >= 4 is 6.09 Å². The Hall–Kier alpha value is -1.55. The SMILES string of the molecule is COC1CCCCN1C(=O)Oc1ccccc1. The lowest BCUT2D eigenvalue weighted by Gasteiger charge is -2.33. The standard InChI is InChI=1S/C13H17NO3/c1-16-12-9-5-6-10-14(12)13(15)17-11-7-3-2-4-8-11/h2-4,7-8,12H,5-6,9-10H2,1H3. The fourth-order valence-corrected chi connectivity index (χ4v) is 2.00. The number of carbonyl (C=O) groups is 1. The molecule has 0 radical (unpaired) electrons. The van der Waals surface area contributed by atoms with Crippen LogP contribution in [-0.4, -0.2) is 30.9 Å². The van der Waals surface area contributed by atoms with Crippen LogP contribution in [0, 0.1) is 0 Å². The summed E-state index contributed by atoms with van der Waals surface area (Å²) in [7, 11) is 1.62. The van der Waals surface area contributed by atoms with Gasteiger partial charge in [0.15, 0.2) is 0 Å². The highest BCUT2D eigenvalue weighted by molar-refractivity contribution is 5.71. The molecule has 1 aliphatic rings. The smallest absolute Gasteiger partial charge is 0.410 e. The lowest BCUT2D eigenvalue weighted by molar-refractivity contribution is -0.0398. The van der Waals surface area contributed by atoms with Gasteiger partial charge < -0.3 is 9.47 Å². The maximum absolute atomic E-state index is 12.0. The van der Waals surface area contributed by atoms with Crippen molar-refractivity contribution in [3.63, 3.8) is 0 Å². The molecule has 4 nitrogen and oxygen atoms in total. The molecule has 1 aliphatic heterocycles. The molecule has 0 bridgehead atoms. The van der Waals surface area contributed by atoms with Gasteiger partial charge in [-0.05, 0) is 31.4 Å². The van der Waals surface area contributed by atoms with Crippen LogP contribution in [0.4, 0.5) is 4.79 Å². The van der Waals surface area contributed by atoms with E-state index in [1.807, 2.05) is 18.2 Å². The summed E-state index contributed by atoms with van der Waals surface area (Å²) in [5.41, 5.74) is 0. The number of methoxy groups -OCH3 is 1. The third kappa shape index (κ3) is 2.97. The topological polar surface area (TPSA) is 38.8 Å². The van der Waals surface area contributed by atoms with Gasteiger partial charge in [-0.2, -0.15) is 0 Å². The van der Waals surface area contributed by atoms with Crippen LogP contribution in [0.15, 0.2) is 30.3 Å². The van der Waals surface area contributed by atoms with Gasteiger partial charge in [-0.1, -0.05) is 18.2 Å². The fraction of sp³-hybridized carbons (Fsp3) is 0.462. The summed E-state index contributed by atoms with van der Waals surface area (Å²) in [5, 5.41) is 0. The van der Waals surface area contributed by atoms with Crippen LogP contribution in [0.2, 0.25) is 0 Å². The van der Waals surface area contributed by atoms with Crippen LogP contribution >= 0.6 is 0 Å². The Morgan fingerprint density at radius 2 is 2.06 bits per heavy atom. The molecule has 4 heteroatoms. The number of benzene rings is 1. The van der Waals surface area contributed by atoms with Crippen molar-refractivity contribution in [1.29, 1.82) is 0 Å². The Kier molecular flexibility index (Phi) is 3.98. The molecule has 0 spiro atoms. The number of piperidine rings is 1. The molecular weight excluding hydrogens is 218 g/mol. The van der Waals surface area contributed by atoms with E-state index in [-0.39, 0.29) is 12.3 Å². The van der Waals surface area contributed by atoms with E-state index >= 15 is 0 Å². The van der Waals surface area contributed by atoms with E-state index in [0.29, 0.717) is 12.3 Å². The molecule has 0 aromatic heterocycles. The van der Waals surface area contributed by atoms with E-state index in [1.165, 1.54) is 0 Å². The third-order valence-electron chi connectivity index (χ3n) is 2.90. The Balaban J connectivity index is 1.99. The molecule has 1 aromatic carbocycles. The van der Waals surface area contributed by atoms with Crippen LogP contribution in [0.1, 0.15) is 19.3 Å². The van der Waals surface area contributed by atoms with E-state index in [1.54, 1.807) is 24.1 Å². The molecule has 1 fully saturated rings. The Bertz CT molecular complexity index is 366. The number of nitrogens with zero attached hydrogens (tertiary/aromatic N) is 1. The highest BCUT2D eigenvalue weighted by atomic mass is 16.6. The molecule has 1 saturated heterocycles. The highest BCUT2D eigenvalue weighted by Gasteiger charge is 2.27. The van der Waals surface area contributed by atoms with Crippen molar-refractivity contribution in [2.75, 3.05) is 13.7 Å². The second-order valence-corrected chi connectivity index (χ2v) is 4.06. The van der Waals surface area contributed by atoms with Crippen molar-refractivity contribution in [2.24, 2.45) is 0 Å². The Labute approximate surface area is 101 Å². The fourth-order valence-electron chi connectivity index (χ4n) is 2.00. The highest BCUT2D eigenvalue weighted by Crippen LogP contribution is 2.19. The van der Waals surface area contributed by atoms with Crippen LogP contribution in [0.5, 0.6) is 5.75 Å². The summed E-state index contributed by atoms with van der Waals surface area (Å²) in [5.74, 6) is 0.568. The van der Waals surface area contributed by atoms with Gasteiger partial charge in [0.25, 0.3) is 0 Å². The van der Waals surface area contributed by atoms with Gasteiger partial charge in [-0.3, -0.25) is 4.90 Å². The summed E-state index contributed by atoms with van der Waals surface area (Å²) in [4.78, 5) is 13.6. The quantitative estimate of drug-likeness (QED) is 0.791. The number of ether oxygens (including phenoxy) is 2. The first kappa shape index (κ1) is 11.9. The van der Waals surface area contributed by atoms with E-state index < -0.39 is 0 Å². The molecule has 1 heterocycles. The van der Waals surface area contributed by atoms with Crippen molar-refractivity contribution in [2.45, 2.75) is 25.5 Å². The summed E-state index contributed by atoms with van der Waals surface area (Å²) in [6.45, 7) is 0.699. The first-order valence-corrected chi connectivity index (χ1v) is 5.87. The average Bonchev–Trinajstić information content (AvgIpc) is 2.40. The molecule has 0 saturated carbocycles. The van der Waals surface area contributed by atoms with Gasteiger partial charge in [-0.15, -0.1) is 0 Å². The molecule has 1 aromatic rings. The molecule has 1 atom stereocenters. The number of rotatable bonds is 2.